The van der Waals surface area contributed by atoms with Crippen LogP contribution in [-0.4, -0.2) is 42.9 Å². The van der Waals surface area contributed by atoms with Crippen molar-refractivity contribution >= 4 is 11.8 Å². The Bertz CT molecular complexity index is 281. The number of amides is 2. The van der Waals surface area contributed by atoms with Crippen LogP contribution in [0.25, 0.3) is 0 Å². The lowest BCUT2D eigenvalue weighted by Gasteiger charge is -2.26. The molecule has 1 saturated carbocycles. The van der Waals surface area contributed by atoms with E-state index in [-0.39, 0.29) is 30.3 Å². The number of carbonyl (C=O) groups excluding carboxylic acids is 2. The minimum absolute atomic E-state index is 0.0356. The van der Waals surface area contributed by atoms with Crippen molar-refractivity contribution in [1.82, 2.24) is 10.2 Å². The first-order valence-electron chi connectivity index (χ1n) is 6.35. The van der Waals surface area contributed by atoms with Crippen molar-refractivity contribution in [3.05, 3.63) is 0 Å². The van der Waals surface area contributed by atoms with E-state index in [0.29, 0.717) is 6.54 Å². The summed E-state index contributed by atoms with van der Waals surface area (Å²) in [5.41, 5.74) is 5.93. The summed E-state index contributed by atoms with van der Waals surface area (Å²) in [4.78, 5) is 25.3. The van der Waals surface area contributed by atoms with Crippen molar-refractivity contribution in [2.24, 2.45) is 11.7 Å². The maximum Gasteiger partial charge on any atom is 0.239 e. The standard InChI is InChI=1S/C12H23N3O2/c1-3-7-15(8-11(16)14-2)12(17)9-5-4-6-10(9)13/h9-10H,3-8,13H2,1-2H3,(H,14,16). The van der Waals surface area contributed by atoms with E-state index in [1.54, 1.807) is 11.9 Å². The molecule has 5 heteroatoms. The van der Waals surface area contributed by atoms with Gasteiger partial charge in [-0.2, -0.15) is 0 Å². The number of rotatable bonds is 5. The van der Waals surface area contributed by atoms with Gasteiger partial charge in [0, 0.05) is 19.6 Å². The van der Waals surface area contributed by atoms with Gasteiger partial charge in [-0.15, -0.1) is 0 Å². The zero-order valence-electron chi connectivity index (χ0n) is 10.7. The maximum absolute atomic E-state index is 12.3. The summed E-state index contributed by atoms with van der Waals surface area (Å²) in [6, 6.07) is -0.0356. The van der Waals surface area contributed by atoms with Crippen LogP contribution in [0, 0.1) is 5.92 Å². The molecule has 2 unspecified atom stereocenters. The van der Waals surface area contributed by atoms with Crippen LogP contribution in [0.15, 0.2) is 0 Å². The van der Waals surface area contributed by atoms with Crippen LogP contribution in [0.3, 0.4) is 0 Å². The summed E-state index contributed by atoms with van der Waals surface area (Å²) in [6.07, 6.45) is 3.63. The van der Waals surface area contributed by atoms with Crippen LogP contribution in [0.5, 0.6) is 0 Å². The Balaban J connectivity index is 2.62. The molecule has 1 fully saturated rings. The predicted molar refractivity (Wildman–Crippen MR) is 66.3 cm³/mol. The average Bonchev–Trinajstić information content (AvgIpc) is 2.73. The van der Waals surface area contributed by atoms with Crippen molar-refractivity contribution < 1.29 is 9.59 Å². The Labute approximate surface area is 103 Å². The molecule has 1 aliphatic carbocycles. The average molecular weight is 241 g/mol. The molecule has 0 aliphatic heterocycles. The van der Waals surface area contributed by atoms with E-state index in [2.05, 4.69) is 5.32 Å². The smallest absolute Gasteiger partial charge is 0.239 e. The fourth-order valence-corrected chi connectivity index (χ4v) is 2.32. The summed E-state index contributed by atoms with van der Waals surface area (Å²) >= 11 is 0. The molecule has 0 spiro atoms. The lowest BCUT2D eigenvalue weighted by atomic mass is 10.0. The highest BCUT2D eigenvalue weighted by atomic mass is 16.2. The van der Waals surface area contributed by atoms with Crippen molar-refractivity contribution in [3.8, 4) is 0 Å². The predicted octanol–water partition coefficient (Wildman–Crippen LogP) is 0.0984. The third kappa shape index (κ3) is 3.70. The Morgan fingerprint density at radius 2 is 2.12 bits per heavy atom. The van der Waals surface area contributed by atoms with Gasteiger partial charge >= 0.3 is 0 Å². The second kappa shape index (κ2) is 6.59. The molecule has 98 valence electrons. The van der Waals surface area contributed by atoms with Gasteiger partial charge in [-0.05, 0) is 19.3 Å². The number of nitrogens with two attached hydrogens (primary N) is 1. The van der Waals surface area contributed by atoms with E-state index >= 15 is 0 Å². The highest BCUT2D eigenvalue weighted by molar-refractivity contribution is 5.86. The van der Waals surface area contributed by atoms with E-state index in [1.807, 2.05) is 6.92 Å². The van der Waals surface area contributed by atoms with E-state index in [0.717, 1.165) is 25.7 Å². The van der Waals surface area contributed by atoms with Crippen LogP contribution >= 0.6 is 0 Å². The molecule has 3 N–H and O–H groups in total. The van der Waals surface area contributed by atoms with Crippen molar-refractivity contribution in [3.63, 3.8) is 0 Å². The molecule has 2 atom stereocenters. The van der Waals surface area contributed by atoms with Gasteiger partial charge in [0.1, 0.15) is 0 Å². The fourth-order valence-electron chi connectivity index (χ4n) is 2.32. The number of hydrogen-bond acceptors (Lipinski definition) is 3. The Kier molecular flexibility index (Phi) is 5.41. The van der Waals surface area contributed by atoms with Gasteiger partial charge in [-0.3, -0.25) is 9.59 Å². The van der Waals surface area contributed by atoms with Gasteiger partial charge in [0.15, 0.2) is 0 Å². The van der Waals surface area contributed by atoms with E-state index in [9.17, 15) is 9.59 Å². The highest BCUT2D eigenvalue weighted by Gasteiger charge is 2.33. The molecule has 5 nitrogen and oxygen atoms in total. The van der Waals surface area contributed by atoms with Crippen LogP contribution in [0.4, 0.5) is 0 Å². The third-order valence-electron chi connectivity index (χ3n) is 3.31. The van der Waals surface area contributed by atoms with Crippen LogP contribution in [-0.2, 0) is 9.59 Å². The second-order valence-electron chi connectivity index (χ2n) is 4.63. The second-order valence-corrected chi connectivity index (χ2v) is 4.63. The summed E-state index contributed by atoms with van der Waals surface area (Å²) < 4.78 is 0. The van der Waals surface area contributed by atoms with Gasteiger partial charge < -0.3 is 16.0 Å². The van der Waals surface area contributed by atoms with Gasteiger partial charge in [0.2, 0.25) is 11.8 Å². The number of nitrogens with one attached hydrogen (secondary N) is 1. The molecular weight excluding hydrogens is 218 g/mol. The molecule has 1 aliphatic rings. The molecular formula is C12H23N3O2. The fraction of sp³-hybridized carbons (Fsp3) is 0.833. The van der Waals surface area contributed by atoms with E-state index in [1.165, 1.54) is 0 Å². The molecule has 0 saturated heterocycles. The largest absolute Gasteiger partial charge is 0.358 e. The van der Waals surface area contributed by atoms with E-state index < -0.39 is 0 Å². The molecule has 0 heterocycles. The monoisotopic (exact) mass is 241 g/mol. The SMILES string of the molecule is CCCN(CC(=O)NC)C(=O)C1CCCC1N. The molecule has 0 aromatic carbocycles. The van der Waals surface area contributed by atoms with Crippen LogP contribution in [0.2, 0.25) is 0 Å². The van der Waals surface area contributed by atoms with Crippen molar-refractivity contribution in [2.75, 3.05) is 20.1 Å². The van der Waals surface area contributed by atoms with E-state index in [4.69, 9.17) is 5.73 Å². The Morgan fingerprint density at radius 1 is 1.41 bits per heavy atom. The topological polar surface area (TPSA) is 75.4 Å². The van der Waals surface area contributed by atoms with Crippen molar-refractivity contribution in [1.29, 1.82) is 0 Å². The molecule has 0 bridgehead atoms. The lowest BCUT2D eigenvalue weighted by Crippen LogP contribution is -2.46. The molecule has 0 radical (unpaired) electrons. The molecule has 2 amide bonds. The summed E-state index contributed by atoms with van der Waals surface area (Å²) in [6.45, 7) is 2.76. The third-order valence-corrected chi connectivity index (χ3v) is 3.31. The molecule has 17 heavy (non-hydrogen) atoms. The molecule has 0 aromatic heterocycles. The Hall–Kier alpha value is -1.10. The zero-order chi connectivity index (χ0) is 12.8. The van der Waals surface area contributed by atoms with Crippen molar-refractivity contribution in [2.45, 2.75) is 38.6 Å². The number of carbonyl (C=O) groups is 2. The summed E-state index contributed by atoms with van der Waals surface area (Å²) in [7, 11) is 1.58. The minimum Gasteiger partial charge on any atom is -0.358 e. The first kappa shape index (κ1) is 14.0. The summed E-state index contributed by atoms with van der Waals surface area (Å²) in [5.74, 6) is -0.176. The number of hydrogen-bond donors (Lipinski definition) is 2. The van der Waals surface area contributed by atoms with Gasteiger partial charge in [0.25, 0.3) is 0 Å². The first-order chi connectivity index (χ1) is 8.10. The van der Waals surface area contributed by atoms with Crippen LogP contribution < -0.4 is 11.1 Å². The quantitative estimate of drug-likeness (QED) is 0.716. The lowest BCUT2D eigenvalue weighted by molar-refractivity contribution is -0.139. The highest BCUT2D eigenvalue weighted by Crippen LogP contribution is 2.25. The number of nitrogens with zero attached hydrogens (tertiary/aromatic N) is 1. The molecule has 0 aromatic rings. The Morgan fingerprint density at radius 3 is 2.59 bits per heavy atom. The maximum atomic E-state index is 12.3. The first-order valence-corrected chi connectivity index (χ1v) is 6.35. The van der Waals surface area contributed by atoms with Gasteiger partial charge in [-0.25, -0.2) is 0 Å². The minimum atomic E-state index is -0.127. The number of likely N-dealkylation sites (N-methyl/N-ethyl adjacent to an activating group) is 1. The van der Waals surface area contributed by atoms with Crippen LogP contribution in [0.1, 0.15) is 32.6 Å². The summed E-state index contributed by atoms with van der Waals surface area (Å²) in [5, 5.41) is 2.55. The van der Waals surface area contributed by atoms with Gasteiger partial charge in [-0.1, -0.05) is 13.3 Å². The molecule has 1 rings (SSSR count). The zero-order valence-corrected chi connectivity index (χ0v) is 10.7. The van der Waals surface area contributed by atoms with Gasteiger partial charge in [0.05, 0.1) is 12.5 Å². The normalized spacial score (nSPS) is 23.5.